The SMILES string of the molecule is O=C(C1CCC(Cn2c(=O)[nH]c3ccsc3c2=O)CC1)N1CC=C(c2ccccc2)CC1. The summed E-state index contributed by atoms with van der Waals surface area (Å²) in [6.07, 6.45) is 6.45. The second-order valence-corrected chi connectivity index (χ2v) is 9.77. The molecule has 1 amide bonds. The van der Waals surface area contributed by atoms with E-state index in [0.29, 0.717) is 23.3 Å². The summed E-state index contributed by atoms with van der Waals surface area (Å²) in [7, 11) is 0. The van der Waals surface area contributed by atoms with Gasteiger partial charge in [-0.25, -0.2) is 4.79 Å². The molecule has 0 radical (unpaired) electrons. The van der Waals surface area contributed by atoms with Gasteiger partial charge in [0.15, 0.2) is 0 Å². The number of aromatic nitrogens is 2. The van der Waals surface area contributed by atoms with E-state index in [4.69, 9.17) is 0 Å². The molecule has 0 bridgehead atoms. The summed E-state index contributed by atoms with van der Waals surface area (Å²) in [4.78, 5) is 42.9. The summed E-state index contributed by atoms with van der Waals surface area (Å²) >= 11 is 1.36. The van der Waals surface area contributed by atoms with Gasteiger partial charge in [-0.15, -0.1) is 11.3 Å². The number of nitrogens with one attached hydrogen (secondary N) is 1. The van der Waals surface area contributed by atoms with Crippen LogP contribution in [0.15, 0.2) is 57.4 Å². The Hall–Kier alpha value is -2.93. The van der Waals surface area contributed by atoms with Gasteiger partial charge >= 0.3 is 5.69 Å². The molecule has 1 aliphatic carbocycles. The topological polar surface area (TPSA) is 75.2 Å². The Kier molecular flexibility index (Phi) is 5.83. The Morgan fingerprint density at radius 3 is 2.56 bits per heavy atom. The molecule has 0 spiro atoms. The van der Waals surface area contributed by atoms with E-state index in [1.165, 1.54) is 27.0 Å². The predicted molar refractivity (Wildman–Crippen MR) is 128 cm³/mol. The highest BCUT2D eigenvalue weighted by Crippen LogP contribution is 2.32. The van der Waals surface area contributed by atoms with Gasteiger partial charge in [-0.05, 0) is 60.6 Å². The fourth-order valence-corrected chi connectivity index (χ4v) is 5.83. The summed E-state index contributed by atoms with van der Waals surface area (Å²) in [5.74, 6) is 0.552. The largest absolute Gasteiger partial charge is 0.338 e. The Morgan fingerprint density at radius 2 is 1.84 bits per heavy atom. The molecule has 1 aromatic carbocycles. The highest BCUT2D eigenvalue weighted by atomic mass is 32.1. The first-order valence-electron chi connectivity index (χ1n) is 11.3. The summed E-state index contributed by atoms with van der Waals surface area (Å²) in [6, 6.07) is 12.1. The first-order valence-corrected chi connectivity index (χ1v) is 12.2. The van der Waals surface area contributed by atoms with Gasteiger partial charge in [-0.2, -0.15) is 0 Å². The van der Waals surface area contributed by atoms with E-state index in [2.05, 4.69) is 23.2 Å². The first kappa shape index (κ1) is 20.9. The van der Waals surface area contributed by atoms with Gasteiger partial charge in [0.1, 0.15) is 4.70 Å². The van der Waals surface area contributed by atoms with Crippen molar-refractivity contribution in [3.8, 4) is 0 Å². The fraction of sp³-hybridized carbons (Fsp3) is 0.400. The number of carbonyl (C=O) groups excluding carboxylic acids is 1. The fourth-order valence-electron chi connectivity index (χ4n) is 5.03. The van der Waals surface area contributed by atoms with E-state index in [9.17, 15) is 14.4 Å². The van der Waals surface area contributed by atoms with Crippen LogP contribution in [0.5, 0.6) is 0 Å². The van der Waals surface area contributed by atoms with Crippen LogP contribution in [0, 0.1) is 11.8 Å². The monoisotopic (exact) mass is 449 g/mol. The van der Waals surface area contributed by atoms with Crippen molar-refractivity contribution in [1.82, 2.24) is 14.5 Å². The van der Waals surface area contributed by atoms with E-state index >= 15 is 0 Å². The van der Waals surface area contributed by atoms with Crippen molar-refractivity contribution < 1.29 is 4.79 Å². The molecule has 1 saturated carbocycles. The Balaban J connectivity index is 1.18. The minimum atomic E-state index is -0.339. The van der Waals surface area contributed by atoms with E-state index in [1.54, 1.807) is 6.07 Å². The number of hydrogen-bond donors (Lipinski definition) is 1. The zero-order valence-corrected chi connectivity index (χ0v) is 18.8. The molecule has 2 aromatic heterocycles. The quantitative estimate of drug-likeness (QED) is 0.657. The standard InChI is InChI=1S/C25H27N3O3S/c29-23(27-13-10-19(11-14-27)18-4-2-1-3-5-18)20-8-6-17(7-9-20)16-28-24(30)22-21(12-15-32-22)26-25(28)31/h1-5,10,12,15,17,20H,6-9,11,13-14,16H2,(H,26,31). The third-order valence-corrected chi connectivity index (χ3v) is 7.80. The molecule has 0 unspecified atom stereocenters. The van der Waals surface area contributed by atoms with Gasteiger partial charge in [-0.3, -0.25) is 14.2 Å². The van der Waals surface area contributed by atoms with Crippen molar-refractivity contribution in [3.05, 3.63) is 74.3 Å². The van der Waals surface area contributed by atoms with E-state index in [0.717, 1.165) is 38.6 Å². The Morgan fingerprint density at radius 1 is 1.06 bits per heavy atom. The second kappa shape index (κ2) is 8.90. The molecular weight excluding hydrogens is 422 g/mol. The lowest BCUT2D eigenvalue weighted by molar-refractivity contribution is -0.136. The number of fused-ring (bicyclic) bond motifs is 1. The molecule has 1 aliphatic heterocycles. The molecule has 3 heterocycles. The Bertz CT molecular complexity index is 1260. The molecule has 3 aromatic rings. The summed E-state index contributed by atoms with van der Waals surface area (Å²) in [5.41, 5.74) is 2.63. The molecule has 1 N–H and O–H groups in total. The lowest BCUT2D eigenvalue weighted by Crippen LogP contribution is -2.41. The number of amides is 1. The van der Waals surface area contributed by atoms with Crippen LogP contribution in [0.25, 0.3) is 15.8 Å². The molecule has 166 valence electrons. The van der Waals surface area contributed by atoms with Crippen LogP contribution < -0.4 is 11.2 Å². The van der Waals surface area contributed by atoms with Crippen LogP contribution >= 0.6 is 11.3 Å². The smallest absolute Gasteiger partial charge is 0.328 e. The van der Waals surface area contributed by atoms with Crippen LogP contribution in [0.1, 0.15) is 37.7 Å². The molecule has 32 heavy (non-hydrogen) atoms. The van der Waals surface area contributed by atoms with Crippen LogP contribution in [0.2, 0.25) is 0 Å². The van der Waals surface area contributed by atoms with Crippen molar-refractivity contribution in [2.75, 3.05) is 13.1 Å². The highest BCUT2D eigenvalue weighted by Gasteiger charge is 2.30. The summed E-state index contributed by atoms with van der Waals surface area (Å²) in [6.45, 7) is 1.87. The van der Waals surface area contributed by atoms with Gasteiger partial charge in [0, 0.05) is 25.6 Å². The number of thiophene rings is 1. The van der Waals surface area contributed by atoms with Crippen molar-refractivity contribution in [2.45, 2.75) is 38.6 Å². The number of hydrogen-bond acceptors (Lipinski definition) is 4. The molecule has 1 fully saturated rings. The van der Waals surface area contributed by atoms with Crippen LogP contribution in [-0.4, -0.2) is 33.4 Å². The van der Waals surface area contributed by atoms with Crippen molar-refractivity contribution in [2.24, 2.45) is 11.8 Å². The molecular formula is C25H27N3O3S. The normalized spacial score (nSPS) is 21.5. The summed E-state index contributed by atoms with van der Waals surface area (Å²) in [5, 5.41) is 1.82. The van der Waals surface area contributed by atoms with Crippen molar-refractivity contribution in [3.63, 3.8) is 0 Å². The predicted octanol–water partition coefficient (Wildman–Crippen LogP) is 3.87. The third-order valence-electron chi connectivity index (χ3n) is 6.89. The van der Waals surface area contributed by atoms with Crippen LogP contribution in [0.4, 0.5) is 0 Å². The number of H-pyrrole nitrogens is 1. The molecule has 0 saturated heterocycles. The molecule has 5 rings (SSSR count). The minimum absolute atomic E-state index is 0.0488. The lowest BCUT2D eigenvalue weighted by Gasteiger charge is -2.33. The van der Waals surface area contributed by atoms with Crippen LogP contribution in [-0.2, 0) is 11.3 Å². The minimum Gasteiger partial charge on any atom is -0.338 e. The van der Waals surface area contributed by atoms with E-state index in [-0.39, 0.29) is 29.0 Å². The number of rotatable bonds is 4. The molecule has 6 nitrogen and oxygen atoms in total. The summed E-state index contributed by atoms with van der Waals surface area (Å²) < 4.78 is 1.94. The number of carbonyl (C=O) groups is 1. The van der Waals surface area contributed by atoms with Gasteiger partial charge < -0.3 is 9.88 Å². The number of benzene rings is 1. The van der Waals surface area contributed by atoms with Crippen LogP contribution in [0.3, 0.4) is 0 Å². The van der Waals surface area contributed by atoms with Gasteiger partial charge in [-0.1, -0.05) is 36.4 Å². The van der Waals surface area contributed by atoms with Gasteiger partial charge in [0.2, 0.25) is 5.91 Å². The maximum absolute atomic E-state index is 13.1. The average molecular weight is 450 g/mol. The maximum Gasteiger partial charge on any atom is 0.328 e. The number of aromatic amines is 1. The first-order chi connectivity index (χ1) is 15.6. The van der Waals surface area contributed by atoms with E-state index < -0.39 is 0 Å². The molecule has 2 aliphatic rings. The van der Waals surface area contributed by atoms with Crippen molar-refractivity contribution >= 4 is 33.0 Å². The lowest BCUT2D eigenvalue weighted by atomic mass is 9.81. The highest BCUT2D eigenvalue weighted by molar-refractivity contribution is 7.17. The molecule has 0 atom stereocenters. The number of nitrogens with zero attached hydrogens (tertiary/aromatic N) is 2. The second-order valence-electron chi connectivity index (χ2n) is 8.86. The zero-order chi connectivity index (χ0) is 22.1. The van der Waals surface area contributed by atoms with Gasteiger partial charge in [0.25, 0.3) is 5.56 Å². The third kappa shape index (κ3) is 4.09. The molecule has 7 heteroatoms. The van der Waals surface area contributed by atoms with Gasteiger partial charge in [0.05, 0.1) is 5.52 Å². The van der Waals surface area contributed by atoms with E-state index in [1.807, 2.05) is 28.5 Å². The average Bonchev–Trinajstić information content (AvgIpc) is 3.31. The Labute approximate surface area is 190 Å². The van der Waals surface area contributed by atoms with Crippen molar-refractivity contribution in [1.29, 1.82) is 0 Å². The maximum atomic E-state index is 13.1. The zero-order valence-electron chi connectivity index (χ0n) is 18.0.